The number of carbonyl (C=O) groups excluding carboxylic acids is 2. The Morgan fingerprint density at radius 1 is 0.885 bits per heavy atom. The van der Waals surface area contributed by atoms with Crippen LogP contribution in [0.2, 0.25) is 0 Å². The molecule has 2 aromatic heterocycles. The van der Waals surface area contributed by atoms with Crippen molar-refractivity contribution in [3.8, 4) is 11.1 Å². The fourth-order valence-corrected chi connectivity index (χ4v) is 4.03. The molecule has 0 radical (unpaired) electrons. The maximum atomic E-state index is 13.0. The Balaban J connectivity index is 1.45. The predicted octanol–water partition coefficient (Wildman–Crippen LogP) is 3.61. The Morgan fingerprint density at radius 2 is 1.58 bits per heavy atom. The summed E-state index contributed by atoms with van der Waals surface area (Å²) in [6, 6.07) is 13.6. The number of piperazine rings is 1. The molecule has 1 fully saturated rings. The highest BCUT2D eigenvalue weighted by molar-refractivity contribution is 7.12. The first-order chi connectivity index (χ1) is 12.7. The Bertz CT molecular complexity index is 894. The molecule has 0 aliphatic carbocycles. The third-order valence-corrected chi connectivity index (χ3v) is 5.47. The molecule has 1 aromatic carbocycles. The van der Waals surface area contributed by atoms with E-state index in [9.17, 15) is 9.59 Å². The van der Waals surface area contributed by atoms with Crippen molar-refractivity contribution in [1.82, 2.24) is 9.80 Å². The normalized spacial score (nSPS) is 14.5. The lowest BCUT2D eigenvalue weighted by atomic mass is 10.1. The molecule has 3 heterocycles. The predicted molar refractivity (Wildman–Crippen MR) is 100 cm³/mol. The van der Waals surface area contributed by atoms with E-state index in [1.54, 1.807) is 11.0 Å². The number of hydrogen-bond acceptors (Lipinski definition) is 4. The van der Waals surface area contributed by atoms with Crippen molar-refractivity contribution >= 4 is 23.2 Å². The summed E-state index contributed by atoms with van der Waals surface area (Å²) in [7, 11) is 0. The molecule has 4 rings (SSSR count). The standard InChI is InChI=1S/C20H18N2O3S/c23-19(16-6-12-25-14-16)21-8-10-22(11-9-21)20(24)18-17(7-13-26-18)15-4-2-1-3-5-15/h1-7,12-14H,8-11H2. The van der Waals surface area contributed by atoms with E-state index in [0.29, 0.717) is 31.7 Å². The van der Waals surface area contributed by atoms with E-state index >= 15 is 0 Å². The first kappa shape index (κ1) is 16.6. The minimum Gasteiger partial charge on any atom is -0.472 e. The number of hydrogen-bond donors (Lipinski definition) is 0. The Hall–Kier alpha value is -2.86. The van der Waals surface area contributed by atoms with Crippen LogP contribution in [0, 0.1) is 0 Å². The Labute approximate surface area is 155 Å². The highest BCUT2D eigenvalue weighted by Crippen LogP contribution is 2.29. The van der Waals surface area contributed by atoms with Crippen molar-refractivity contribution < 1.29 is 14.0 Å². The van der Waals surface area contributed by atoms with Crippen LogP contribution in [0.5, 0.6) is 0 Å². The second-order valence-electron chi connectivity index (χ2n) is 6.13. The smallest absolute Gasteiger partial charge is 0.264 e. The van der Waals surface area contributed by atoms with Crippen LogP contribution in [0.3, 0.4) is 0 Å². The van der Waals surface area contributed by atoms with Crippen LogP contribution < -0.4 is 0 Å². The van der Waals surface area contributed by atoms with Crippen molar-refractivity contribution in [2.45, 2.75) is 0 Å². The van der Waals surface area contributed by atoms with Gasteiger partial charge in [-0.1, -0.05) is 30.3 Å². The number of furan rings is 1. The first-order valence-corrected chi connectivity index (χ1v) is 9.35. The SMILES string of the molecule is O=C(c1ccoc1)N1CCN(C(=O)c2sccc2-c2ccccc2)CC1. The summed E-state index contributed by atoms with van der Waals surface area (Å²) in [5.74, 6) is -0.0128. The average Bonchev–Trinajstić information content (AvgIpc) is 3.39. The number of carbonyl (C=O) groups is 2. The molecule has 132 valence electrons. The first-order valence-electron chi connectivity index (χ1n) is 8.47. The largest absolute Gasteiger partial charge is 0.472 e. The second kappa shape index (κ2) is 7.17. The summed E-state index contributed by atoms with van der Waals surface area (Å²) >= 11 is 1.47. The summed E-state index contributed by atoms with van der Waals surface area (Å²) in [6.45, 7) is 2.13. The molecule has 5 nitrogen and oxygen atoms in total. The second-order valence-corrected chi connectivity index (χ2v) is 7.04. The van der Waals surface area contributed by atoms with Crippen LogP contribution in [0.4, 0.5) is 0 Å². The van der Waals surface area contributed by atoms with Gasteiger partial charge in [0.25, 0.3) is 11.8 Å². The summed E-state index contributed by atoms with van der Waals surface area (Å²) in [6.07, 6.45) is 2.95. The van der Waals surface area contributed by atoms with E-state index in [-0.39, 0.29) is 11.8 Å². The van der Waals surface area contributed by atoms with E-state index in [2.05, 4.69) is 0 Å². The van der Waals surface area contributed by atoms with Gasteiger partial charge in [0, 0.05) is 31.7 Å². The lowest BCUT2D eigenvalue weighted by Crippen LogP contribution is -2.50. The molecule has 0 N–H and O–H groups in total. The number of thiophene rings is 1. The Kier molecular flexibility index (Phi) is 4.58. The molecule has 1 saturated heterocycles. The van der Waals surface area contributed by atoms with Gasteiger partial charge >= 0.3 is 0 Å². The maximum absolute atomic E-state index is 13.0. The van der Waals surface area contributed by atoms with Crippen LogP contribution in [-0.4, -0.2) is 47.8 Å². The molecule has 0 atom stereocenters. The highest BCUT2D eigenvalue weighted by atomic mass is 32.1. The van der Waals surface area contributed by atoms with Gasteiger partial charge in [0.1, 0.15) is 6.26 Å². The van der Waals surface area contributed by atoms with Gasteiger partial charge in [0.05, 0.1) is 16.7 Å². The lowest BCUT2D eigenvalue weighted by molar-refractivity contribution is 0.0538. The van der Waals surface area contributed by atoms with Crippen LogP contribution in [0.25, 0.3) is 11.1 Å². The van der Waals surface area contributed by atoms with Gasteiger partial charge in [-0.05, 0) is 23.1 Å². The van der Waals surface area contributed by atoms with Crippen molar-refractivity contribution in [2.75, 3.05) is 26.2 Å². The third-order valence-electron chi connectivity index (χ3n) is 4.57. The zero-order valence-corrected chi connectivity index (χ0v) is 14.9. The number of amides is 2. The number of nitrogens with zero attached hydrogens (tertiary/aromatic N) is 2. The van der Waals surface area contributed by atoms with Gasteiger partial charge in [-0.3, -0.25) is 9.59 Å². The fraction of sp³-hybridized carbons (Fsp3) is 0.200. The molecular formula is C20H18N2O3S. The summed E-state index contributed by atoms with van der Waals surface area (Å²) in [4.78, 5) is 29.7. The molecular weight excluding hydrogens is 348 g/mol. The summed E-state index contributed by atoms with van der Waals surface area (Å²) in [5, 5.41) is 1.95. The zero-order chi connectivity index (χ0) is 17.9. The van der Waals surface area contributed by atoms with Crippen molar-refractivity contribution in [2.24, 2.45) is 0 Å². The summed E-state index contributed by atoms with van der Waals surface area (Å²) in [5.41, 5.74) is 2.57. The highest BCUT2D eigenvalue weighted by Gasteiger charge is 2.27. The van der Waals surface area contributed by atoms with Crippen LogP contribution in [0.15, 0.2) is 64.8 Å². The molecule has 6 heteroatoms. The van der Waals surface area contributed by atoms with E-state index in [0.717, 1.165) is 16.0 Å². The average molecular weight is 366 g/mol. The molecule has 2 amide bonds. The van der Waals surface area contributed by atoms with Gasteiger partial charge in [-0.15, -0.1) is 11.3 Å². The van der Waals surface area contributed by atoms with E-state index in [1.165, 1.54) is 23.9 Å². The minimum atomic E-state index is -0.0491. The summed E-state index contributed by atoms with van der Waals surface area (Å²) < 4.78 is 4.98. The van der Waals surface area contributed by atoms with E-state index in [1.807, 2.05) is 46.7 Å². The van der Waals surface area contributed by atoms with E-state index in [4.69, 9.17) is 4.42 Å². The number of benzene rings is 1. The molecule has 1 aliphatic rings. The quantitative estimate of drug-likeness (QED) is 0.712. The topological polar surface area (TPSA) is 53.8 Å². The lowest BCUT2D eigenvalue weighted by Gasteiger charge is -2.34. The minimum absolute atomic E-state index is 0.0364. The maximum Gasteiger partial charge on any atom is 0.264 e. The zero-order valence-electron chi connectivity index (χ0n) is 14.1. The van der Waals surface area contributed by atoms with Crippen molar-refractivity contribution in [3.63, 3.8) is 0 Å². The molecule has 26 heavy (non-hydrogen) atoms. The third kappa shape index (κ3) is 3.15. The van der Waals surface area contributed by atoms with Gasteiger partial charge in [0.15, 0.2) is 0 Å². The van der Waals surface area contributed by atoms with Gasteiger partial charge in [-0.2, -0.15) is 0 Å². The van der Waals surface area contributed by atoms with Crippen LogP contribution >= 0.6 is 11.3 Å². The molecule has 0 bridgehead atoms. The van der Waals surface area contributed by atoms with Gasteiger partial charge in [-0.25, -0.2) is 0 Å². The fourth-order valence-electron chi connectivity index (χ4n) is 3.14. The van der Waals surface area contributed by atoms with Crippen LogP contribution in [0.1, 0.15) is 20.0 Å². The van der Waals surface area contributed by atoms with Crippen LogP contribution in [-0.2, 0) is 0 Å². The van der Waals surface area contributed by atoms with Gasteiger partial charge in [0.2, 0.25) is 0 Å². The molecule has 1 aliphatic heterocycles. The Morgan fingerprint density at radius 3 is 2.23 bits per heavy atom. The molecule has 3 aromatic rings. The molecule has 0 saturated carbocycles. The van der Waals surface area contributed by atoms with Crippen molar-refractivity contribution in [1.29, 1.82) is 0 Å². The number of rotatable bonds is 3. The van der Waals surface area contributed by atoms with E-state index < -0.39 is 0 Å². The monoisotopic (exact) mass is 366 g/mol. The molecule has 0 spiro atoms. The van der Waals surface area contributed by atoms with Crippen molar-refractivity contribution in [3.05, 3.63) is 70.8 Å². The molecule has 0 unspecified atom stereocenters. The van der Waals surface area contributed by atoms with Gasteiger partial charge < -0.3 is 14.2 Å².